The zero-order chi connectivity index (χ0) is 18.7. The van der Waals surface area contributed by atoms with Crippen molar-refractivity contribution in [2.24, 2.45) is 0 Å². The third-order valence-electron chi connectivity index (χ3n) is 4.39. The van der Waals surface area contributed by atoms with Crippen molar-refractivity contribution < 1.29 is 19.4 Å². The van der Waals surface area contributed by atoms with Gasteiger partial charge in [0, 0.05) is 18.7 Å². The molecular formula is C19H21N3O4. The Balaban J connectivity index is 1.75. The number of fused-ring (bicyclic) bond motifs is 1. The van der Waals surface area contributed by atoms with Gasteiger partial charge in [0.2, 0.25) is 5.88 Å². The van der Waals surface area contributed by atoms with Gasteiger partial charge in [0.05, 0.1) is 24.9 Å². The van der Waals surface area contributed by atoms with Gasteiger partial charge < -0.3 is 20.1 Å². The summed E-state index contributed by atoms with van der Waals surface area (Å²) in [6.45, 7) is 3.08. The fourth-order valence-electron chi connectivity index (χ4n) is 2.93. The molecule has 7 nitrogen and oxygen atoms in total. The van der Waals surface area contributed by atoms with Gasteiger partial charge in [0.1, 0.15) is 0 Å². The van der Waals surface area contributed by atoms with E-state index in [0.29, 0.717) is 41.4 Å². The van der Waals surface area contributed by atoms with Crippen LogP contribution in [0.5, 0.6) is 5.88 Å². The molecule has 0 unspecified atom stereocenters. The predicted octanol–water partition coefficient (Wildman–Crippen LogP) is 1.42. The van der Waals surface area contributed by atoms with E-state index in [1.54, 1.807) is 35.2 Å². The van der Waals surface area contributed by atoms with Crippen LogP contribution < -0.4 is 10.1 Å². The number of ether oxygens (including phenoxy) is 1. The topological polar surface area (TPSA) is 91.8 Å². The number of methoxy groups -OCH3 is 1. The summed E-state index contributed by atoms with van der Waals surface area (Å²) >= 11 is 0. The first-order valence-electron chi connectivity index (χ1n) is 8.42. The van der Waals surface area contributed by atoms with E-state index in [2.05, 4.69) is 10.3 Å². The number of aliphatic hydroxyl groups is 1. The Bertz CT molecular complexity index is 823. The van der Waals surface area contributed by atoms with Gasteiger partial charge in [0.25, 0.3) is 11.8 Å². The van der Waals surface area contributed by atoms with E-state index in [1.165, 1.54) is 7.11 Å². The maximum Gasteiger partial charge on any atom is 0.256 e. The molecule has 0 saturated carbocycles. The lowest BCUT2D eigenvalue weighted by atomic mass is 10.1. The number of nitrogens with zero attached hydrogens (tertiary/aromatic N) is 2. The van der Waals surface area contributed by atoms with Crippen molar-refractivity contribution in [2.45, 2.75) is 26.1 Å². The molecule has 0 spiro atoms. The molecule has 0 fully saturated rings. The van der Waals surface area contributed by atoms with E-state index in [-0.39, 0.29) is 12.5 Å². The van der Waals surface area contributed by atoms with Gasteiger partial charge in [-0.3, -0.25) is 9.59 Å². The van der Waals surface area contributed by atoms with Gasteiger partial charge >= 0.3 is 0 Å². The number of carbonyl (C=O) groups is 2. The van der Waals surface area contributed by atoms with E-state index < -0.39 is 12.0 Å². The predicted molar refractivity (Wildman–Crippen MR) is 94.5 cm³/mol. The van der Waals surface area contributed by atoms with Crippen molar-refractivity contribution in [2.75, 3.05) is 13.7 Å². The molecule has 0 aliphatic carbocycles. The first-order valence-corrected chi connectivity index (χ1v) is 8.42. The summed E-state index contributed by atoms with van der Waals surface area (Å²) in [6, 6.07) is 10.4. The highest BCUT2D eigenvalue weighted by Crippen LogP contribution is 2.27. The van der Waals surface area contributed by atoms with Crippen LogP contribution in [0.2, 0.25) is 0 Å². The molecule has 0 radical (unpaired) electrons. The van der Waals surface area contributed by atoms with Gasteiger partial charge in [-0.25, -0.2) is 4.98 Å². The molecular weight excluding hydrogens is 334 g/mol. The number of aliphatic hydroxyl groups excluding tert-OH is 1. The average Bonchev–Trinajstić information content (AvgIpc) is 3.00. The van der Waals surface area contributed by atoms with E-state index in [4.69, 9.17) is 4.74 Å². The molecule has 0 saturated heterocycles. The Kier molecular flexibility index (Phi) is 5.18. The summed E-state index contributed by atoms with van der Waals surface area (Å²) in [5, 5.41) is 12.8. The number of carbonyl (C=O) groups excluding carboxylic acids is 2. The lowest BCUT2D eigenvalue weighted by Crippen LogP contribution is -2.29. The molecule has 7 heteroatoms. The minimum atomic E-state index is -1.26. The molecule has 2 amide bonds. The van der Waals surface area contributed by atoms with E-state index in [1.807, 2.05) is 13.0 Å². The summed E-state index contributed by atoms with van der Waals surface area (Å²) in [5.41, 5.74) is 2.30. The average molecular weight is 355 g/mol. The molecule has 2 heterocycles. The smallest absolute Gasteiger partial charge is 0.256 e. The lowest BCUT2D eigenvalue weighted by molar-refractivity contribution is -0.129. The summed E-state index contributed by atoms with van der Waals surface area (Å²) in [5.74, 6) is -0.237. The molecule has 1 aliphatic rings. The van der Waals surface area contributed by atoms with Crippen LogP contribution in [0.15, 0.2) is 36.4 Å². The fourth-order valence-corrected chi connectivity index (χ4v) is 2.93. The lowest BCUT2D eigenvalue weighted by Gasteiger charge is -2.13. The monoisotopic (exact) mass is 355 g/mol. The Morgan fingerprint density at radius 2 is 2.12 bits per heavy atom. The van der Waals surface area contributed by atoms with Crippen molar-refractivity contribution in [1.29, 1.82) is 0 Å². The van der Waals surface area contributed by atoms with Crippen LogP contribution in [-0.2, 0) is 17.9 Å². The first-order chi connectivity index (χ1) is 12.5. The van der Waals surface area contributed by atoms with Crippen molar-refractivity contribution in [3.63, 3.8) is 0 Å². The number of hydrogen-bond donors (Lipinski definition) is 2. The Morgan fingerprint density at radius 1 is 1.38 bits per heavy atom. The molecule has 2 aromatic rings. The Morgan fingerprint density at radius 3 is 2.77 bits per heavy atom. The number of hydrogen-bond acceptors (Lipinski definition) is 5. The maximum atomic E-state index is 12.3. The third-order valence-corrected chi connectivity index (χ3v) is 4.39. The second-order valence-electron chi connectivity index (χ2n) is 6.00. The molecule has 1 aromatic heterocycles. The highest BCUT2D eigenvalue weighted by atomic mass is 16.5. The van der Waals surface area contributed by atoms with Gasteiger partial charge in [-0.15, -0.1) is 0 Å². The molecule has 1 aliphatic heterocycles. The van der Waals surface area contributed by atoms with Crippen LogP contribution in [0.25, 0.3) is 0 Å². The van der Waals surface area contributed by atoms with Crippen LogP contribution in [0.3, 0.4) is 0 Å². The Labute approximate surface area is 151 Å². The summed E-state index contributed by atoms with van der Waals surface area (Å²) in [7, 11) is 1.49. The van der Waals surface area contributed by atoms with Crippen LogP contribution in [0.1, 0.15) is 40.2 Å². The van der Waals surface area contributed by atoms with Crippen molar-refractivity contribution in [1.82, 2.24) is 15.2 Å². The van der Waals surface area contributed by atoms with Crippen LogP contribution in [-0.4, -0.2) is 40.5 Å². The highest BCUT2D eigenvalue weighted by Gasteiger charge is 2.29. The van der Waals surface area contributed by atoms with E-state index in [0.717, 1.165) is 0 Å². The van der Waals surface area contributed by atoms with Crippen LogP contribution >= 0.6 is 0 Å². The Hall–Kier alpha value is -2.93. The molecule has 136 valence electrons. The second-order valence-corrected chi connectivity index (χ2v) is 6.00. The SMILES string of the molecule is CCN1Cc2nc(OC)c(CNC(=O)[C@H](O)c3ccccc3)cc2C1=O. The molecule has 3 rings (SSSR count). The molecule has 0 bridgehead atoms. The summed E-state index contributed by atoms with van der Waals surface area (Å²) in [6.07, 6.45) is -1.26. The first kappa shape index (κ1) is 17.9. The minimum Gasteiger partial charge on any atom is -0.481 e. The maximum absolute atomic E-state index is 12.3. The largest absolute Gasteiger partial charge is 0.481 e. The number of pyridine rings is 1. The third kappa shape index (κ3) is 3.39. The van der Waals surface area contributed by atoms with Crippen molar-refractivity contribution >= 4 is 11.8 Å². The normalized spacial score (nSPS) is 14.1. The van der Waals surface area contributed by atoms with Crippen molar-refractivity contribution in [3.05, 3.63) is 58.8 Å². The zero-order valence-electron chi connectivity index (χ0n) is 14.7. The van der Waals surface area contributed by atoms with E-state index >= 15 is 0 Å². The molecule has 2 N–H and O–H groups in total. The van der Waals surface area contributed by atoms with Gasteiger partial charge in [-0.1, -0.05) is 30.3 Å². The van der Waals surface area contributed by atoms with Gasteiger partial charge in [-0.05, 0) is 18.6 Å². The van der Waals surface area contributed by atoms with Gasteiger partial charge in [0.15, 0.2) is 6.10 Å². The standard InChI is InChI=1S/C19H21N3O4/c1-3-22-11-15-14(19(22)25)9-13(18(21-15)26-2)10-20-17(24)16(23)12-7-5-4-6-8-12/h4-9,16,23H,3,10-11H2,1-2H3,(H,20,24)/t16-/m1/s1. The number of aromatic nitrogens is 1. The zero-order valence-corrected chi connectivity index (χ0v) is 14.7. The van der Waals surface area contributed by atoms with Gasteiger partial charge in [-0.2, -0.15) is 0 Å². The van der Waals surface area contributed by atoms with Crippen LogP contribution in [0.4, 0.5) is 0 Å². The molecule has 1 aromatic carbocycles. The molecule has 26 heavy (non-hydrogen) atoms. The second kappa shape index (κ2) is 7.53. The fraction of sp³-hybridized carbons (Fsp3) is 0.316. The minimum absolute atomic E-state index is 0.0745. The summed E-state index contributed by atoms with van der Waals surface area (Å²) < 4.78 is 5.30. The number of nitrogens with one attached hydrogen (secondary N) is 1. The van der Waals surface area contributed by atoms with E-state index in [9.17, 15) is 14.7 Å². The van der Waals surface area contributed by atoms with Crippen molar-refractivity contribution in [3.8, 4) is 5.88 Å². The number of amides is 2. The number of benzene rings is 1. The molecule has 1 atom stereocenters. The highest BCUT2D eigenvalue weighted by molar-refractivity contribution is 5.98. The number of rotatable bonds is 6. The quantitative estimate of drug-likeness (QED) is 0.818. The summed E-state index contributed by atoms with van der Waals surface area (Å²) in [4.78, 5) is 30.6. The van der Waals surface area contributed by atoms with Crippen LogP contribution in [0, 0.1) is 0 Å².